The van der Waals surface area contributed by atoms with Crippen LogP contribution < -0.4 is 10.1 Å². The summed E-state index contributed by atoms with van der Waals surface area (Å²) in [7, 11) is 0. The number of carbonyl (C=O) groups excluding carboxylic acids is 2. The largest absolute Gasteiger partial charge is 0.483 e. The molecule has 0 radical (unpaired) electrons. The fraction of sp³-hybridized carbons (Fsp3) is 0.375. The third-order valence-electron chi connectivity index (χ3n) is 6.69. The van der Waals surface area contributed by atoms with Gasteiger partial charge in [0.15, 0.2) is 6.61 Å². The number of rotatable bonds is 11. The number of benzene rings is 3. The van der Waals surface area contributed by atoms with E-state index in [2.05, 4.69) is 42.0 Å². The molecule has 0 bridgehead atoms. The summed E-state index contributed by atoms with van der Waals surface area (Å²) in [6, 6.07) is 22.2. The Morgan fingerprint density at radius 2 is 1.67 bits per heavy atom. The van der Waals surface area contributed by atoms with Crippen molar-refractivity contribution in [2.75, 3.05) is 6.61 Å². The van der Waals surface area contributed by atoms with Gasteiger partial charge < -0.3 is 15.0 Å². The van der Waals surface area contributed by atoms with E-state index in [1.54, 1.807) is 17.0 Å². The van der Waals surface area contributed by atoms with Gasteiger partial charge in [-0.15, -0.1) is 0 Å². The molecule has 1 N–H and O–H groups in total. The molecule has 39 heavy (non-hydrogen) atoms. The van der Waals surface area contributed by atoms with Gasteiger partial charge in [0.05, 0.1) is 4.47 Å². The van der Waals surface area contributed by atoms with Crippen molar-refractivity contribution in [3.8, 4) is 5.75 Å². The maximum Gasteiger partial charge on any atom is 0.261 e. The van der Waals surface area contributed by atoms with Gasteiger partial charge in [0.2, 0.25) is 5.91 Å². The fourth-order valence-electron chi connectivity index (χ4n) is 4.09. The van der Waals surface area contributed by atoms with Crippen LogP contribution in [0.25, 0.3) is 0 Å². The minimum atomic E-state index is -0.722. The van der Waals surface area contributed by atoms with E-state index in [-0.39, 0.29) is 36.4 Å². The third-order valence-corrected chi connectivity index (χ3v) is 7.56. The summed E-state index contributed by atoms with van der Waals surface area (Å²) in [5.74, 6) is 0.106. The zero-order valence-electron chi connectivity index (χ0n) is 23.3. The molecule has 0 aliphatic carbocycles. The molecule has 0 aromatic heterocycles. The van der Waals surface area contributed by atoms with Crippen molar-refractivity contribution in [2.24, 2.45) is 0 Å². The topological polar surface area (TPSA) is 58.6 Å². The van der Waals surface area contributed by atoms with E-state index in [0.717, 1.165) is 27.6 Å². The molecular formula is C32H38BrClN2O3. The van der Waals surface area contributed by atoms with E-state index in [1.165, 1.54) is 0 Å². The Kier molecular flexibility index (Phi) is 11.0. The average molecular weight is 614 g/mol. The van der Waals surface area contributed by atoms with Crippen molar-refractivity contribution in [3.05, 3.63) is 99.0 Å². The second-order valence-corrected chi connectivity index (χ2v) is 12.1. The summed E-state index contributed by atoms with van der Waals surface area (Å²) in [4.78, 5) is 29.0. The van der Waals surface area contributed by atoms with E-state index in [4.69, 9.17) is 16.3 Å². The molecule has 3 aromatic rings. The van der Waals surface area contributed by atoms with E-state index < -0.39 is 6.04 Å². The highest BCUT2D eigenvalue weighted by molar-refractivity contribution is 9.10. The van der Waals surface area contributed by atoms with Crippen molar-refractivity contribution in [2.45, 2.75) is 71.5 Å². The van der Waals surface area contributed by atoms with Gasteiger partial charge in [-0.2, -0.15) is 0 Å². The van der Waals surface area contributed by atoms with Crippen LogP contribution in [0.5, 0.6) is 5.75 Å². The van der Waals surface area contributed by atoms with Crippen molar-refractivity contribution >= 4 is 39.3 Å². The first-order valence-corrected chi connectivity index (χ1v) is 14.5. The van der Waals surface area contributed by atoms with Crippen molar-refractivity contribution in [3.63, 3.8) is 0 Å². The summed E-state index contributed by atoms with van der Waals surface area (Å²) in [5, 5.41) is 3.69. The number of amides is 2. The van der Waals surface area contributed by atoms with Gasteiger partial charge in [-0.05, 0) is 75.6 Å². The van der Waals surface area contributed by atoms with Crippen LogP contribution in [-0.2, 0) is 28.0 Å². The summed E-state index contributed by atoms with van der Waals surface area (Å²) in [5.41, 5.74) is 2.98. The minimum absolute atomic E-state index is 0.0140. The van der Waals surface area contributed by atoms with Crippen LogP contribution >= 0.6 is 27.5 Å². The number of nitrogens with zero attached hydrogens (tertiary/aromatic N) is 1. The normalized spacial score (nSPS) is 12.9. The molecule has 208 valence electrons. The molecule has 7 heteroatoms. The summed E-state index contributed by atoms with van der Waals surface area (Å²) < 4.78 is 6.78. The molecule has 0 saturated heterocycles. The van der Waals surface area contributed by atoms with Crippen LogP contribution in [0, 0.1) is 0 Å². The van der Waals surface area contributed by atoms with Crippen LogP contribution in [0.3, 0.4) is 0 Å². The van der Waals surface area contributed by atoms with Gasteiger partial charge in [-0.3, -0.25) is 9.59 Å². The monoisotopic (exact) mass is 612 g/mol. The Morgan fingerprint density at radius 1 is 1.00 bits per heavy atom. The number of hydrogen-bond acceptors (Lipinski definition) is 3. The maximum absolute atomic E-state index is 13.8. The standard InChI is InChI=1S/C32H38BrClN2O3/c1-6-22(2)35-31(38)28(18-23-10-8-7-9-11-23)36(20-24-12-15-26(34)16-13-24)30(37)21-39-29-17-14-25(19-27(29)33)32(3,4)5/h7-17,19,22,28H,6,18,20-21H2,1-5H3,(H,35,38)/t22-,28+/m0/s1. The minimum Gasteiger partial charge on any atom is -0.483 e. The number of halogens is 2. The van der Waals surface area contributed by atoms with E-state index in [9.17, 15) is 9.59 Å². The van der Waals surface area contributed by atoms with E-state index in [1.807, 2.05) is 74.5 Å². The average Bonchev–Trinajstić information content (AvgIpc) is 2.90. The van der Waals surface area contributed by atoms with Crippen LogP contribution in [-0.4, -0.2) is 35.4 Å². The zero-order valence-corrected chi connectivity index (χ0v) is 25.7. The quantitative estimate of drug-likeness (QED) is 0.246. The second kappa shape index (κ2) is 14.0. The molecule has 0 aliphatic heterocycles. The lowest BCUT2D eigenvalue weighted by Crippen LogP contribution is -2.53. The molecule has 0 fully saturated rings. The van der Waals surface area contributed by atoms with Gasteiger partial charge in [0.1, 0.15) is 11.8 Å². The summed E-state index contributed by atoms with van der Waals surface area (Å²) in [6.07, 6.45) is 1.17. The van der Waals surface area contributed by atoms with Crippen molar-refractivity contribution < 1.29 is 14.3 Å². The Bertz CT molecular complexity index is 1240. The molecule has 2 amide bonds. The molecule has 0 spiro atoms. The number of ether oxygens (including phenoxy) is 1. The molecule has 2 atom stereocenters. The molecule has 3 rings (SSSR count). The third kappa shape index (κ3) is 9.11. The molecule has 5 nitrogen and oxygen atoms in total. The molecule has 0 heterocycles. The van der Waals surface area contributed by atoms with Gasteiger partial charge in [-0.25, -0.2) is 0 Å². The molecule has 0 aliphatic rings. The lowest BCUT2D eigenvalue weighted by Gasteiger charge is -2.32. The highest BCUT2D eigenvalue weighted by Crippen LogP contribution is 2.31. The van der Waals surface area contributed by atoms with Gasteiger partial charge in [-0.1, -0.05) is 87.8 Å². The smallest absolute Gasteiger partial charge is 0.261 e. The molecular weight excluding hydrogens is 576 g/mol. The Hall–Kier alpha value is -2.83. The molecule has 0 unspecified atom stereocenters. The Morgan fingerprint density at radius 3 is 2.26 bits per heavy atom. The van der Waals surface area contributed by atoms with E-state index in [0.29, 0.717) is 17.2 Å². The van der Waals surface area contributed by atoms with Crippen LogP contribution in [0.15, 0.2) is 77.3 Å². The van der Waals surface area contributed by atoms with Crippen molar-refractivity contribution in [1.82, 2.24) is 10.2 Å². The van der Waals surface area contributed by atoms with Crippen molar-refractivity contribution in [1.29, 1.82) is 0 Å². The maximum atomic E-state index is 13.8. The Labute approximate surface area is 246 Å². The first kappa shape index (κ1) is 30.7. The predicted octanol–water partition coefficient (Wildman–Crippen LogP) is 7.33. The lowest BCUT2D eigenvalue weighted by atomic mass is 9.87. The first-order chi connectivity index (χ1) is 18.5. The number of nitrogens with one attached hydrogen (secondary N) is 1. The van der Waals surface area contributed by atoms with Gasteiger partial charge in [0.25, 0.3) is 5.91 Å². The predicted molar refractivity (Wildman–Crippen MR) is 162 cm³/mol. The van der Waals surface area contributed by atoms with E-state index >= 15 is 0 Å². The first-order valence-electron chi connectivity index (χ1n) is 13.3. The number of carbonyl (C=O) groups is 2. The number of hydrogen-bond donors (Lipinski definition) is 1. The lowest BCUT2D eigenvalue weighted by molar-refractivity contribution is -0.143. The Balaban J connectivity index is 1.91. The highest BCUT2D eigenvalue weighted by Gasteiger charge is 2.31. The second-order valence-electron chi connectivity index (χ2n) is 10.9. The zero-order chi connectivity index (χ0) is 28.6. The van der Waals surface area contributed by atoms with Gasteiger partial charge in [0, 0.05) is 24.0 Å². The fourth-order valence-corrected chi connectivity index (χ4v) is 4.71. The summed E-state index contributed by atoms with van der Waals surface area (Å²) in [6.45, 7) is 10.5. The molecule has 0 saturated carbocycles. The van der Waals surface area contributed by atoms with Crippen LogP contribution in [0.2, 0.25) is 5.02 Å². The van der Waals surface area contributed by atoms with Crippen LogP contribution in [0.1, 0.15) is 57.7 Å². The SMILES string of the molecule is CC[C@H](C)NC(=O)[C@@H](Cc1ccccc1)N(Cc1ccc(Cl)cc1)C(=O)COc1ccc(C(C)(C)C)cc1Br. The molecule has 3 aromatic carbocycles. The highest BCUT2D eigenvalue weighted by atomic mass is 79.9. The van der Waals surface area contributed by atoms with Gasteiger partial charge >= 0.3 is 0 Å². The summed E-state index contributed by atoms with van der Waals surface area (Å²) >= 11 is 9.70. The van der Waals surface area contributed by atoms with Crippen LogP contribution in [0.4, 0.5) is 0 Å².